The van der Waals surface area contributed by atoms with Gasteiger partial charge >= 0.3 is 0 Å². The maximum atomic E-state index is 12.0. The molecule has 2 rings (SSSR count). The van der Waals surface area contributed by atoms with Gasteiger partial charge in [-0.1, -0.05) is 12.1 Å². The van der Waals surface area contributed by atoms with Gasteiger partial charge < -0.3 is 10.0 Å². The summed E-state index contributed by atoms with van der Waals surface area (Å²) in [7, 11) is 1.65. The molecule has 1 heterocycles. The number of carbonyl (C=O) groups excluding carboxylic acids is 1. The Balaban J connectivity index is 2.12. The summed E-state index contributed by atoms with van der Waals surface area (Å²) in [5.74, 6) is 0.344. The summed E-state index contributed by atoms with van der Waals surface area (Å²) < 4.78 is 0. The average molecular weight is 261 g/mol. The normalized spacial score (nSPS) is 12.2. The molecule has 0 spiro atoms. The number of aromatic nitrogens is 4. The SMILES string of the molecule is CC(O)CN(C)C(=O)c1ccc(-c2nn[nH]n2)cc1. The van der Waals surface area contributed by atoms with Crippen molar-refractivity contribution in [2.75, 3.05) is 13.6 Å². The van der Waals surface area contributed by atoms with E-state index in [4.69, 9.17) is 0 Å². The minimum absolute atomic E-state index is 0.138. The molecule has 0 aliphatic carbocycles. The number of hydrogen-bond donors (Lipinski definition) is 2. The third-order valence-electron chi connectivity index (χ3n) is 2.62. The highest BCUT2D eigenvalue weighted by Gasteiger charge is 2.13. The van der Waals surface area contributed by atoms with Crippen LogP contribution in [0.4, 0.5) is 0 Å². The number of aliphatic hydroxyl groups is 1. The van der Waals surface area contributed by atoms with Crippen LogP contribution in [0.2, 0.25) is 0 Å². The average Bonchev–Trinajstić information content (AvgIpc) is 2.91. The molecule has 0 saturated heterocycles. The minimum Gasteiger partial charge on any atom is -0.392 e. The Kier molecular flexibility index (Phi) is 3.86. The summed E-state index contributed by atoms with van der Waals surface area (Å²) >= 11 is 0. The van der Waals surface area contributed by atoms with Gasteiger partial charge in [0.15, 0.2) is 0 Å². The van der Waals surface area contributed by atoms with Crippen LogP contribution in [0.25, 0.3) is 11.4 Å². The minimum atomic E-state index is -0.549. The van der Waals surface area contributed by atoms with Crippen molar-refractivity contribution in [3.63, 3.8) is 0 Å². The van der Waals surface area contributed by atoms with E-state index in [1.165, 1.54) is 4.90 Å². The number of tetrazole rings is 1. The van der Waals surface area contributed by atoms with Crippen LogP contribution >= 0.6 is 0 Å². The van der Waals surface area contributed by atoms with Gasteiger partial charge in [0.25, 0.3) is 5.91 Å². The van der Waals surface area contributed by atoms with Crippen molar-refractivity contribution in [3.8, 4) is 11.4 Å². The number of carbonyl (C=O) groups is 1. The van der Waals surface area contributed by atoms with Gasteiger partial charge in [0.05, 0.1) is 6.10 Å². The molecule has 2 aromatic rings. The molecule has 2 N–H and O–H groups in total. The number of rotatable bonds is 4. The van der Waals surface area contributed by atoms with Gasteiger partial charge in [-0.15, -0.1) is 10.2 Å². The summed E-state index contributed by atoms with van der Waals surface area (Å²) in [6, 6.07) is 6.92. The van der Waals surface area contributed by atoms with Crippen LogP contribution in [-0.4, -0.2) is 56.2 Å². The molecule has 1 amide bonds. The topological polar surface area (TPSA) is 95.0 Å². The molecule has 7 nitrogen and oxygen atoms in total. The first kappa shape index (κ1) is 13.2. The van der Waals surface area contributed by atoms with Crippen molar-refractivity contribution in [3.05, 3.63) is 29.8 Å². The van der Waals surface area contributed by atoms with Crippen molar-refractivity contribution >= 4 is 5.91 Å². The van der Waals surface area contributed by atoms with Gasteiger partial charge in [-0.3, -0.25) is 4.79 Å². The van der Waals surface area contributed by atoms with E-state index in [0.29, 0.717) is 17.9 Å². The molecule has 0 aliphatic heterocycles. The van der Waals surface area contributed by atoms with Crippen LogP contribution in [0, 0.1) is 0 Å². The summed E-state index contributed by atoms with van der Waals surface area (Å²) in [5, 5.41) is 22.8. The fourth-order valence-electron chi connectivity index (χ4n) is 1.75. The van der Waals surface area contributed by atoms with Crippen molar-refractivity contribution in [2.45, 2.75) is 13.0 Å². The molecule has 1 aromatic heterocycles. The van der Waals surface area contributed by atoms with Crippen LogP contribution in [0.1, 0.15) is 17.3 Å². The van der Waals surface area contributed by atoms with E-state index >= 15 is 0 Å². The molecule has 0 radical (unpaired) electrons. The standard InChI is InChI=1S/C12H15N5O2/c1-8(18)7-17(2)12(19)10-5-3-9(4-6-10)11-13-15-16-14-11/h3-6,8,18H,7H2,1-2H3,(H,13,14,15,16). The van der Waals surface area contributed by atoms with Gasteiger partial charge in [-0.2, -0.15) is 5.21 Å². The monoisotopic (exact) mass is 261 g/mol. The molecule has 1 aromatic carbocycles. The smallest absolute Gasteiger partial charge is 0.253 e. The van der Waals surface area contributed by atoms with Gasteiger partial charge in [0.1, 0.15) is 0 Å². The Labute approximate surface area is 110 Å². The van der Waals surface area contributed by atoms with E-state index in [2.05, 4.69) is 20.6 Å². The largest absolute Gasteiger partial charge is 0.392 e. The highest BCUT2D eigenvalue weighted by atomic mass is 16.3. The molecule has 0 saturated carbocycles. The molecular weight excluding hydrogens is 246 g/mol. The molecule has 100 valence electrons. The number of likely N-dealkylation sites (N-methyl/N-ethyl adjacent to an activating group) is 1. The fraction of sp³-hybridized carbons (Fsp3) is 0.333. The van der Waals surface area contributed by atoms with Crippen LogP contribution in [-0.2, 0) is 0 Å². The number of nitrogens with zero attached hydrogens (tertiary/aromatic N) is 4. The second-order valence-corrected chi connectivity index (χ2v) is 4.35. The van der Waals surface area contributed by atoms with Crippen molar-refractivity contribution in [1.82, 2.24) is 25.5 Å². The lowest BCUT2D eigenvalue weighted by molar-refractivity contribution is 0.0703. The lowest BCUT2D eigenvalue weighted by Gasteiger charge is -2.18. The molecule has 0 fully saturated rings. The quantitative estimate of drug-likeness (QED) is 0.826. The molecule has 1 unspecified atom stereocenters. The van der Waals surface area contributed by atoms with Crippen molar-refractivity contribution in [1.29, 1.82) is 0 Å². The summed E-state index contributed by atoms with van der Waals surface area (Å²) in [6.45, 7) is 1.94. The Morgan fingerprint density at radius 2 is 2.11 bits per heavy atom. The Morgan fingerprint density at radius 3 is 2.63 bits per heavy atom. The molecule has 19 heavy (non-hydrogen) atoms. The zero-order valence-electron chi connectivity index (χ0n) is 10.7. The van der Waals surface area contributed by atoms with E-state index in [9.17, 15) is 9.90 Å². The first-order valence-electron chi connectivity index (χ1n) is 5.85. The number of nitrogens with one attached hydrogen (secondary N) is 1. The van der Waals surface area contributed by atoms with Crippen LogP contribution in [0.5, 0.6) is 0 Å². The summed E-state index contributed by atoms with van der Waals surface area (Å²) in [6.07, 6.45) is -0.549. The predicted molar refractivity (Wildman–Crippen MR) is 68.3 cm³/mol. The van der Waals surface area contributed by atoms with Gasteiger partial charge in [0.2, 0.25) is 5.82 Å². The van der Waals surface area contributed by atoms with Crippen LogP contribution in [0.15, 0.2) is 24.3 Å². The Hall–Kier alpha value is -2.28. The fourth-order valence-corrected chi connectivity index (χ4v) is 1.75. The van der Waals surface area contributed by atoms with Crippen LogP contribution in [0.3, 0.4) is 0 Å². The second kappa shape index (κ2) is 5.57. The third-order valence-corrected chi connectivity index (χ3v) is 2.62. The van der Waals surface area contributed by atoms with E-state index < -0.39 is 6.10 Å². The predicted octanol–water partition coefficient (Wildman–Crippen LogP) is 0.319. The molecule has 7 heteroatoms. The van der Waals surface area contributed by atoms with E-state index in [1.54, 1.807) is 38.2 Å². The van der Waals surface area contributed by atoms with E-state index in [1.807, 2.05) is 0 Å². The first-order valence-corrected chi connectivity index (χ1v) is 5.85. The number of hydrogen-bond acceptors (Lipinski definition) is 5. The van der Waals surface area contributed by atoms with Crippen molar-refractivity contribution in [2.24, 2.45) is 0 Å². The van der Waals surface area contributed by atoms with Crippen LogP contribution < -0.4 is 0 Å². The third kappa shape index (κ3) is 3.14. The maximum Gasteiger partial charge on any atom is 0.253 e. The number of H-pyrrole nitrogens is 1. The number of aromatic amines is 1. The molecular formula is C12H15N5O2. The number of aliphatic hydroxyl groups excluding tert-OH is 1. The van der Waals surface area contributed by atoms with Crippen molar-refractivity contribution < 1.29 is 9.90 Å². The van der Waals surface area contributed by atoms with Gasteiger partial charge in [0, 0.05) is 24.7 Å². The number of benzene rings is 1. The Bertz CT molecular complexity index is 536. The summed E-state index contributed by atoms with van der Waals surface area (Å²) in [5.41, 5.74) is 1.33. The molecule has 0 aliphatic rings. The number of amides is 1. The van der Waals surface area contributed by atoms with Gasteiger partial charge in [-0.25, -0.2) is 0 Å². The molecule has 0 bridgehead atoms. The van der Waals surface area contributed by atoms with E-state index in [0.717, 1.165) is 5.56 Å². The zero-order valence-corrected chi connectivity index (χ0v) is 10.7. The lowest BCUT2D eigenvalue weighted by atomic mass is 10.1. The second-order valence-electron chi connectivity index (χ2n) is 4.35. The highest BCUT2D eigenvalue weighted by molar-refractivity contribution is 5.94. The van der Waals surface area contributed by atoms with E-state index in [-0.39, 0.29) is 5.91 Å². The zero-order chi connectivity index (χ0) is 13.8. The molecule has 1 atom stereocenters. The summed E-state index contributed by atoms with van der Waals surface area (Å²) in [4.78, 5) is 13.5. The highest BCUT2D eigenvalue weighted by Crippen LogP contribution is 2.14. The first-order chi connectivity index (χ1) is 9.08. The Morgan fingerprint density at radius 1 is 1.42 bits per heavy atom. The maximum absolute atomic E-state index is 12.0. The lowest BCUT2D eigenvalue weighted by Crippen LogP contribution is -2.32. The van der Waals surface area contributed by atoms with Gasteiger partial charge in [-0.05, 0) is 24.3 Å².